The molecule has 51 heavy (non-hydrogen) atoms. The summed E-state index contributed by atoms with van der Waals surface area (Å²) in [6.07, 6.45) is 0. The minimum absolute atomic E-state index is 0.178. The molecule has 0 N–H and O–H groups in total. The van der Waals surface area contributed by atoms with E-state index in [1.54, 1.807) is 0 Å². The Kier molecular flexibility index (Phi) is 6.53. The SMILES string of the molecule is CC1(C)c2ccc(-c3nc(-c4ccccc4)nc(-c4ccccc4)n3)cc2-c2cc3c4cc(-c5ccccc5)ccc4c4ccccc4c3cc21. The third-order valence-electron chi connectivity index (χ3n) is 10.7. The zero-order valence-electron chi connectivity index (χ0n) is 28.4. The Morgan fingerprint density at radius 2 is 0.765 bits per heavy atom. The number of hydrogen-bond donors (Lipinski definition) is 0. The van der Waals surface area contributed by atoms with Gasteiger partial charge in [0.25, 0.3) is 0 Å². The van der Waals surface area contributed by atoms with E-state index in [-0.39, 0.29) is 5.41 Å². The van der Waals surface area contributed by atoms with Gasteiger partial charge in [0.05, 0.1) is 0 Å². The maximum atomic E-state index is 5.06. The molecule has 0 fully saturated rings. The lowest BCUT2D eigenvalue weighted by Crippen LogP contribution is -2.15. The normalized spacial score (nSPS) is 13.1. The van der Waals surface area contributed by atoms with Crippen molar-refractivity contribution in [3.8, 4) is 56.4 Å². The van der Waals surface area contributed by atoms with E-state index in [1.165, 1.54) is 65.7 Å². The van der Waals surface area contributed by atoms with E-state index in [2.05, 4.69) is 141 Å². The molecule has 1 heterocycles. The van der Waals surface area contributed by atoms with Gasteiger partial charge in [-0.25, -0.2) is 15.0 Å². The van der Waals surface area contributed by atoms with Crippen molar-refractivity contribution in [3.63, 3.8) is 0 Å². The third kappa shape index (κ3) is 4.69. The quantitative estimate of drug-likeness (QED) is 0.178. The largest absolute Gasteiger partial charge is 0.208 e. The fraction of sp³-hybridized carbons (Fsp3) is 0.0625. The Balaban J connectivity index is 1.21. The minimum Gasteiger partial charge on any atom is -0.208 e. The highest BCUT2D eigenvalue weighted by Gasteiger charge is 2.36. The number of nitrogens with zero attached hydrogens (tertiary/aromatic N) is 3. The van der Waals surface area contributed by atoms with Crippen molar-refractivity contribution in [2.45, 2.75) is 19.3 Å². The van der Waals surface area contributed by atoms with E-state index in [9.17, 15) is 0 Å². The van der Waals surface area contributed by atoms with Crippen molar-refractivity contribution in [3.05, 3.63) is 175 Å². The number of hydrogen-bond acceptors (Lipinski definition) is 3. The lowest BCUT2D eigenvalue weighted by Gasteiger charge is -2.22. The zero-order chi connectivity index (χ0) is 34.1. The van der Waals surface area contributed by atoms with Crippen LogP contribution >= 0.6 is 0 Å². The molecule has 8 aromatic carbocycles. The van der Waals surface area contributed by atoms with Crippen LogP contribution in [0.15, 0.2) is 164 Å². The maximum absolute atomic E-state index is 5.06. The molecule has 0 unspecified atom stereocenters. The smallest absolute Gasteiger partial charge is 0.164 e. The molecule has 9 aromatic rings. The highest BCUT2D eigenvalue weighted by Crippen LogP contribution is 2.52. The molecule has 3 heteroatoms. The van der Waals surface area contributed by atoms with Crippen LogP contribution in [0.5, 0.6) is 0 Å². The molecular formula is C48H33N3. The van der Waals surface area contributed by atoms with Crippen LogP contribution in [-0.4, -0.2) is 15.0 Å². The van der Waals surface area contributed by atoms with Gasteiger partial charge in [-0.05, 0) is 90.0 Å². The van der Waals surface area contributed by atoms with Gasteiger partial charge in [-0.15, -0.1) is 0 Å². The van der Waals surface area contributed by atoms with Crippen molar-refractivity contribution in [1.82, 2.24) is 15.0 Å². The van der Waals surface area contributed by atoms with E-state index in [1.807, 2.05) is 36.4 Å². The number of benzene rings is 8. The second-order valence-corrected chi connectivity index (χ2v) is 14.0. The van der Waals surface area contributed by atoms with Crippen LogP contribution < -0.4 is 0 Å². The molecule has 0 bridgehead atoms. The number of aromatic nitrogens is 3. The lowest BCUT2D eigenvalue weighted by atomic mass is 9.81. The predicted molar refractivity (Wildman–Crippen MR) is 212 cm³/mol. The van der Waals surface area contributed by atoms with Crippen molar-refractivity contribution in [2.75, 3.05) is 0 Å². The molecule has 0 amide bonds. The minimum atomic E-state index is -0.178. The number of fused-ring (bicyclic) bond motifs is 9. The van der Waals surface area contributed by atoms with Crippen molar-refractivity contribution >= 4 is 32.3 Å². The van der Waals surface area contributed by atoms with Gasteiger partial charge in [0.15, 0.2) is 17.5 Å². The monoisotopic (exact) mass is 651 g/mol. The van der Waals surface area contributed by atoms with Gasteiger partial charge in [0.2, 0.25) is 0 Å². The first-order valence-corrected chi connectivity index (χ1v) is 17.5. The van der Waals surface area contributed by atoms with Crippen molar-refractivity contribution in [1.29, 1.82) is 0 Å². The molecular weight excluding hydrogens is 619 g/mol. The summed E-state index contributed by atoms with van der Waals surface area (Å²) < 4.78 is 0. The molecule has 10 rings (SSSR count). The van der Waals surface area contributed by atoms with Gasteiger partial charge in [-0.2, -0.15) is 0 Å². The molecule has 0 atom stereocenters. The van der Waals surface area contributed by atoms with E-state index >= 15 is 0 Å². The summed E-state index contributed by atoms with van der Waals surface area (Å²) in [5.74, 6) is 2.00. The second kappa shape index (κ2) is 11.3. The zero-order valence-corrected chi connectivity index (χ0v) is 28.4. The molecule has 0 radical (unpaired) electrons. The Labute approximate surface area is 297 Å². The standard InChI is InChI=1S/C48H33N3/c1-48(2)43-25-23-34(47-50-45(31-16-8-4-9-17-31)49-46(51-47)32-18-10-5-11-19-32)27-41(43)42-28-39-38-26-33(30-14-6-3-7-15-30)22-24-37(38)35-20-12-13-21-36(35)40(39)29-44(42)48/h3-29H,1-2H3. The summed E-state index contributed by atoms with van der Waals surface area (Å²) in [5.41, 5.74) is 10.3. The first-order valence-electron chi connectivity index (χ1n) is 17.5. The maximum Gasteiger partial charge on any atom is 0.164 e. The van der Waals surface area contributed by atoms with Gasteiger partial charge in [-0.3, -0.25) is 0 Å². The van der Waals surface area contributed by atoms with Gasteiger partial charge in [-0.1, -0.05) is 153 Å². The molecule has 1 aliphatic carbocycles. The van der Waals surface area contributed by atoms with Crippen LogP contribution in [0, 0.1) is 0 Å². The number of rotatable bonds is 4. The van der Waals surface area contributed by atoms with E-state index in [0.29, 0.717) is 17.5 Å². The summed E-state index contributed by atoms with van der Waals surface area (Å²) in [6, 6.07) is 58.5. The summed E-state index contributed by atoms with van der Waals surface area (Å²) in [6.45, 7) is 4.70. The van der Waals surface area contributed by atoms with E-state index < -0.39 is 0 Å². The van der Waals surface area contributed by atoms with Crippen LogP contribution in [0.25, 0.3) is 88.7 Å². The Morgan fingerprint density at radius 3 is 1.39 bits per heavy atom. The first kappa shape index (κ1) is 29.5. The van der Waals surface area contributed by atoms with Crippen LogP contribution in [0.2, 0.25) is 0 Å². The highest BCUT2D eigenvalue weighted by molar-refractivity contribution is 6.26. The fourth-order valence-corrected chi connectivity index (χ4v) is 8.08. The van der Waals surface area contributed by atoms with Crippen LogP contribution in [0.3, 0.4) is 0 Å². The summed E-state index contributed by atoms with van der Waals surface area (Å²) in [7, 11) is 0. The van der Waals surface area contributed by atoms with E-state index in [4.69, 9.17) is 15.0 Å². The average molecular weight is 652 g/mol. The van der Waals surface area contributed by atoms with Crippen LogP contribution in [-0.2, 0) is 5.41 Å². The Bertz CT molecular complexity index is 2750. The summed E-state index contributed by atoms with van der Waals surface area (Å²) in [4.78, 5) is 15.0. The van der Waals surface area contributed by atoms with Gasteiger partial charge in [0, 0.05) is 22.1 Å². The van der Waals surface area contributed by atoms with Gasteiger partial charge >= 0.3 is 0 Å². The topological polar surface area (TPSA) is 38.7 Å². The summed E-state index contributed by atoms with van der Waals surface area (Å²) >= 11 is 0. The molecule has 0 saturated carbocycles. The van der Waals surface area contributed by atoms with Crippen molar-refractivity contribution < 1.29 is 0 Å². The predicted octanol–water partition coefficient (Wildman–Crippen LogP) is 12.3. The molecule has 3 nitrogen and oxygen atoms in total. The first-order chi connectivity index (χ1) is 25.0. The fourth-order valence-electron chi connectivity index (χ4n) is 8.08. The van der Waals surface area contributed by atoms with E-state index in [0.717, 1.165) is 16.7 Å². The Morgan fingerprint density at radius 1 is 0.314 bits per heavy atom. The third-order valence-corrected chi connectivity index (χ3v) is 10.7. The van der Waals surface area contributed by atoms with Crippen LogP contribution in [0.1, 0.15) is 25.0 Å². The molecule has 0 aliphatic heterocycles. The second-order valence-electron chi connectivity index (χ2n) is 14.0. The lowest BCUT2D eigenvalue weighted by molar-refractivity contribution is 0.661. The molecule has 0 saturated heterocycles. The molecule has 0 spiro atoms. The highest BCUT2D eigenvalue weighted by atomic mass is 15.0. The average Bonchev–Trinajstić information content (AvgIpc) is 3.42. The molecule has 1 aromatic heterocycles. The van der Waals surface area contributed by atoms with Crippen molar-refractivity contribution in [2.24, 2.45) is 0 Å². The Hall–Kier alpha value is -6.45. The van der Waals surface area contributed by atoms with Gasteiger partial charge in [0.1, 0.15) is 0 Å². The molecule has 1 aliphatic rings. The summed E-state index contributed by atoms with van der Waals surface area (Å²) in [5, 5.41) is 7.68. The molecule has 240 valence electrons. The van der Waals surface area contributed by atoms with Crippen LogP contribution in [0.4, 0.5) is 0 Å². The van der Waals surface area contributed by atoms with Gasteiger partial charge < -0.3 is 0 Å².